The molecule has 8 nitrogen and oxygen atoms in total. The van der Waals surface area contributed by atoms with Gasteiger partial charge in [-0.2, -0.15) is 0 Å². The van der Waals surface area contributed by atoms with Crippen LogP contribution in [0.15, 0.2) is 48.2 Å². The van der Waals surface area contributed by atoms with E-state index in [0.717, 1.165) is 0 Å². The minimum Gasteiger partial charge on any atom is -0.733 e. The number of anilines is 1. The average molecular weight is 384 g/mol. The Balaban J connectivity index is 1.79. The number of fused-ring (bicyclic) bond motifs is 1. The smallest absolute Gasteiger partial charge is 0.347 e. The number of ether oxygens (including phenoxy) is 3. The Labute approximate surface area is 161 Å². The summed E-state index contributed by atoms with van der Waals surface area (Å²) in [5.41, 5.74) is 0.892. The molecular weight excluding hydrogens is 366 g/mol. The van der Waals surface area contributed by atoms with E-state index in [2.05, 4.69) is 0 Å². The van der Waals surface area contributed by atoms with E-state index in [4.69, 9.17) is 19.4 Å². The summed E-state index contributed by atoms with van der Waals surface area (Å²) in [5, 5.41) is 19.7. The molecule has 1 aliphatic rings. The van der Waals surface area contributed by atoms with Crippen LogP contribution in [0.2, 0.25) is 0 Å². The molecule has 1 atom stereocenters. The second-order valence-corrected chi connectivity index (χ2v) is 5.98. The van der Waals surface area contributed by atoms with Gasteiger partial charge in [0, 0.05) is 6.07 Å². The van der Waals surface area contributed by atoms with Gasteiger partial charge < -0.3 is 24.6 Å². The number of carbonyl (C=O) groups excluding carboxylic acids is 2. The van der Waals surface area contributed by atoms with Crippen LogP contribution in [-0.2, 0) is 9.53 Å². The SMILES string of the molecule is CCOC(=O)[C@@H](C)Oc1ccc2c(c1)OC(=Cc1cccc(N([O-])O)c1)C2=O. The Morgan fingerprint density at radius 1 is 1.32 bits per heavy atom. The predicted octanol–water partition coefficient (Wildman–Crippen LogP) is 3.33. The monoisotopic (exact) mass is 384 g/mol. The fourth-order valence-electron chi connectivity index (χ4n) is 2.64. The molecule has 2 aromatic rings. The van der Waals surface area contributed by atoms with Gasteiger partial charge in [-0.3, -0.25) is 10.0 Å². The molecule has 0 spiro atoms. The third-order valence-corrected chi connectivity index (χ3v) is 3.96. The summed E-state index contributed by atoms with van der Waals surface area (Å²) in [6.45, 7) is 3.53. The number of hydrogen-bond acceptors (Lipinski definition) is 8. The van der Waals surface area contributed by atoms with Gasteiger partial charge in [-0.05, 0) is 49.8 Å². The van der Waals surface area contributed by atoms with Crippen LogP contribution < -0.4 is 14.7 Å². The molecule has 0 saturated carbocycles. The molecule has 0 radical (unpaired) electrons. The van der Waals surface area contributed by atoms with Crippen molar-refractivity contribution in [3.05, 3.63) is 64.6 Å². The minimum atomic E-state index is -0.804. The Kier molecular flexibility index (Phi) is 5.62. The predicted molar refractivity (Wildman–Crippen MR) is 100 cm³/mol. The largest absolute Gasteiger partial charge is 0.733 e. The Morgan fingerprint density at radius 2 is 2.11 bits per heavy atom. The van der Waals surface area contributed by atoms with Crippen molar-refractivity contribution in [2.45, 2.75) is 20.0 Å². The van der Waals surface area contributed by atoms with Crippen molar-refractivity contribution >= 4 is 23.5 Å². The molecule has 146 valence electrons. The van der Waals surface area contributed by atoms with E-state index in [-0.39, 0.29) is 29.1 Å². The van der Waals surface area contributed by atoms with E-state index in [1.165, 1.54) is 24.3 Å². The third-order valence-electron chi connectivity index (χ3n) is 3.96. The van der Waals surface area contributed by atoms with Gasteiger partial charge in [-0.25, -0.2) is 4.79 Å². The molecule has 0 bridgehead atoms. The number of hydrogen-bond donors (Lipinski definition) is 1. The van der Waals surface area contributed by atoms with Gasteiger partial charge in [0.05, 0.1) is 17.9 Å². The molecular formula is C20H18NO7-. The molecule has 0 saturated heterocycles. The first-order chi connectivity index (χ1) is 13.4. The van der Waals surface area contributed by atoms with Gasteiger partial charge in [0.15, 0.2) is 11.9 Å². The zero-order valence-corrected chi connectivity index (χ0v) is 15.2. The van der Waals surface area contributed by atoms with Crippen molar-refractivity contribution in [1.82, 2.24) is 0 Å². The van der Waals surface area contributed by atoms with Crippen LogP contribution in [-0.4, -0.2) is 29.7 Å². The van der Waals surface area contributed by atoms with Crippen LogP contribution >= 0.6 is 0 Å². The number of rotatable bonds is 6. The summed E-state index contributed by atoms with van der Waals surface area (Å²) in [6.07, 6.45) is 0.665. The van der Waals surface area contributed by atoms with E-state index < -0.39 is 12.1 Å². The summed E-state index contributed by atoms with van der Waals surface area (Å²) < 4.78 is 16.0. The normalized spacial score (nSPS) is 15.0. The van der Waals surface area contributed by atoms with Crippen LogP contribution in [0.4, 0.5) is 5.69 Å². The third kappa shape index (κ3) is 4.13. The highest BCUT2D eigenvalue weighted by molar-refractivity contribution is 6.14. The second kappa shape index (κ2) is 8.12. The molecule has 1 aliphatic heterocycles. The first-order valence-corrected chi connectivity index (χ1v) is 8.57. The van der Waals surface area contributed by atoms with Crippen molar-refractivity contribution in [3.8, 4) is 11.5 Å². The van der Waals surface area contributed by atoms with Crippen LogP contribution in [0.1, 0.15) is 29.8 Å². The van der Waals surface area contributed by atoms with Gasteiger partial charge in [0.25, 0.3) is 0 Å². The number of ketones is 1. The van der Waals surface area contributed by atoms with Gasteiger partial charge in [-0.15, -0.1) is 0 Å². The van der Waals surface area contributed by atoms with Gasteiger partial charge >= 0.3 is 5.97 Å². The van der Waals surface area contributed by atoms with Crippen molar-refractivity contribution < 1.29 is 29.0 Å². The molecule has 0 aromatic heterocycles. The van der Waals surface area contributed by atoms with Crippen molar-refractivity contribution in [1.29, 1.82) is 0 Å². The van der Waals surface area contributed by atoms with Crippen molar-refractivity contribution in [2.24, 2.45) is 0 Å². The van der Waals surface area contributed by atoms with Gasteiger partial charge in [0.1, 0.15) is 11.5 Å². The van der Waals surface area contributed by atoms with Gasteiger partial charge in [0.2, 0.25) is 5.78 Å². The van der Waals surface area contributed by atoms with Crippen molar-refractivity contribution in [2.75, 3.05) is 11.8 Å². The summed E-state index contributed by atoms with van der Waals surface area (Å²) in [7, 11) is 0. The molecule has 1 N–H and O–H groups in total. The highest BCUT2D eigenvalue weighted by Gasteiger charge is 2.28. The van der Waals surface area contributed by atoms with Crippen LogP contribution in [0.25, 0.3) is 6.08 Å². The van der Waals surface area contributed by atoms with E-state index in [1.54, 1.807) is 38.1 Å². The van der Waals surface area contributed by atoms with Crippen LogP contribution in [0.3, 0.4) is 0 Å². The summed E-state index contributed by atoms with van der Waals surface area (Å²) in [5.74, 6) is -0.0885. The lowest BCUT2D eigenvalue weighted by Gasteiger charge is -2.21. The molecule has 28 heavy (non-hydrogen) atoms. The highest BCUT2D eigenvalue weighted by atomic mass is 16.8. The second-order valence-electron chi connectivity index (χ2n) is 5.98. The van der Waals surface area contributed by atoms with E-state index >= 15 is 0 Å². The summed E-state index contributed by atoms with van der Waals surface area (Å²) >= 11 is 0. The lowest BCUT2D eigenvalue weighted by molar-refractivity contribution is -0.150. The number of carbonyl (C=O) groups is 2. The maximum atomic E-state index is 12.5. The molecule has 3 rings (SSSR count). The number of benzene rings is 2. The van der Waals surface area contributed by atoms with Crippen molar-refractivity contribution in [3.63, 3.8) is 0 Å². The lowest BCUT2D eigenvalue weighted by atomic mass is 10.1. The molecule has 0 unspecified atom stereocenters. The molecule has 8 heteroatoms. The number of allylic oxidation sites excluding steroid dienone is 1. The molecule has 0 aliphatic carbocycles. The minimum absolute atomic E-state index is 0.0287. The van der Waals surface area contributed by atoms with Crippen LogP contribution in [0, 0.1) is 5.21 Å². The maximum absolute atomic E-state index is 12.5. The Morgan fingerprint density at radius 3 is 2.82 bits per heavy atom. The Hall–Kier alpha value is -3.36. The summed E-state index contributed by atoms with van der Waals surface area (Å²) in [6, 6.07) is 10.7. The standard InChI is InChI=1S/C20H18NO7/c1-3-26-20(23)12(2)27-15-7-8-16-17(11-15)28-18(19(16)22)10-13-5-4-6-14(9-13)21(24)25/h4-12,24H,3H2,1-2H3/q-1/t12-/m1/s1. The van der Waals surface area contributed by atoms with E-state index in [0.29, 0.717) is 22.6 Å². The number of nitrogens with zero attached hydrogens (tertiary/aromatic N) is 1. The molecule has 0 fully saturated rings. The quantitative estimate of drug-likeness (QED) is 0.459. The fourth-order valence-corrected chi connectivity index (χ4v) is 2.64. The molecule has 1 heterocycles. The zero-order valence-electron chi connectivity index (χ0n) is 15.2. The Bertz CT molecular complexity index is 936. The topological polar surface area (TPSA) is 108 Å². The van der Waals surface area contributed by atoms with E-state index in [9.17, 15) is 14.8 Å². The lowest BCUT2D eigenvalue weighted by Crippen LogP contribution is -2.26. The first-order valence-electron chi connectivity index (χ1n) is 8.57. The number of Topliss-reactive ketones (excluding diaryl/α,β-unsaturated/α-hetero) is 1. The highest BCUT2D eigenvalue weighted by Crippen LogP contribution is 2.35. The molecule has 2 aromatic carbocycles. The number of esters is 1. The maximum Gasteiger partial charge on any atom is 0.347 e. The molecule has 0 amide bonds. The van der Waals surface area contributed by atoms with Gasteiger partial charge in [-0.1, -0.05) is 12.1 Å². The average Bonchev–Trinajstić information content (AvgIpc) is 2.97. The summed E-state index contributed by atoms with van der Waals surface area (Å²) in [4.78, 5) is 24.2. The van der Waals surface area contributed by atoms with Crippen LogP contribution in [0.5, 0.6) is 11.5 Å². The fraction of sp³-hybridized carbons (Fsp3) is 0.200. The first kappa shape index (κ1) is 19.4. The zero-order chi connectivity index (χ0) is 20.3. The van der Waals surface area contributed by atoms with E-state index in [1.807, 2.05) is 0 Å².